The minimum atomic E-state index is -1.12. The summed E-state index contributed by atoms with van der Waals surface area (Å²) in [6.07, 6.45) is 0. The molecular weight excluding hydrogens is 312 g/mol. The SMILES string of the molecule is CC(NC(=O)c1n[nH]c2ccccc12)C(=O)N[C@H](C(=O)O)C(C)C. The second-order valence-corrected chi connectivity index (χ2v) is 5.88. The van der Waals surface area contributed by atoms with Crippen LogP contribution in [0.2, 0.25) is 0 Å². The van der Waals surface area contributed by atoms with Crippen molar-refractivity contribution in [3.05, 3.63) is 30.0 Å². The number of aromatic amines is 1. The summed E-state index contributed by atoms with van der Waals surface area (Å²) in [6.45, 7) is 4.87. The van der Waals surface area contributed by atoms with Gasteiger partial charge in [0.15, 0.2) is 5.69 Å². The molecule has 2 aromatic rings. The average Bonchev–Trinajstić information content (AvgIpc) is 2.95. The molecule has 0 aliphatic rings. The number of rotatable bonds is 6. The largest absolute Gasteiger partial charge is 0.480 e. The molecule has 0 fully saturated rings. The van der Waals surface area contributed by atoms with Gasteiger partial charge in [0.1, 0.15) is 12.1 Å². The van der Waals surface area contributed by atoms with E-state index in [4.69, 9.17) is 5.11 Å². The first-order chi connectivity index (χ1) is 11.3. The third-order valence-corrected chi connectivity index (χ3v) is 3.66. The summed E-state index contributed by atoms with van der Waals surface area (Å²) >= 11 is 0. The fraction of sp³-hybridized carbons (Fsp3) is 0.375. The van der Waals surface area contributed by atoms with Gasteiger partial charge in [-0.2, -0.15) is 5.10 Å². The van der Waals surface area contributed by atoms with Crippen molar-refractivity contribution < 1.29 is 19.5 Å². The van der Waals surface area contributed by atoms with Gasteiger partial charge >= 0.3 is 5.97 Å². The van der Waals surface area contributed by atoms with Crippen LogP contribution in [0.1, 0.15) is 31.3 Å². The maximum absolute atomic E-state index is 12.3. The highest BCUT2D eigenvalue weighted by molar-refractivity contribution is 6.06. The van der Waals surface area contributed by atoms with E-state index in [2.05, 4.69) is 20.8 Å². The molecule has 128 valence electrons. The number of carbonyl (C=O) groups is 3. The quantitative estimate of drug-likeness (QED) is 0.626. The second-order valence-electron chi connectivity index (χ2n) is 5.88. The van der Waals surface area contributed by atoms with Crippen LogP contribution in [0.25, 0.3) is 10.9 Å². The molecule has 4 N–H and O–H groups in total. The van der Waals surface area contributed by atoms with Gasteiger partial charge in [0, 0.05) is 5.39 Å². The van der Waals surface area contributed by atoms with E-state index >= 15 is 0 Å². The van der Waals surface area contributed by atoms with Crippen molar-refractivity contribution in [1.82, 2.24) is 20.8 Å². The van der Waals surface area contributed by atoms with Gasteiger partial charge in [0.25, 0.3) is 5.91 Å². The molecule has 2 rings (SSSR count). The number of H-pyrrole nitrogens is 1. The first-order valence-electron chi connectivity index (χ1n) is 7.58. The van der Waals surface area contributed by atoms with Crippen molar-refractivity contribution in [2.24, 2.45) is 5.92 Å². The van der Waals surface area contributed by atoms with Gasteiger partial charge in [-0.15, -0.1) is 0 Å². The highest BCUT2D eigenvalue weighted by atomic mass is 16.4. The Bertz CT molecular complexity index is 768. The van der Waals surface area contributed by atoms with Crippen LogP contribution in [0.15, 0.2) is 24.3 Å². The van der Waals surface area contributed by atoms with Crippen LogP contribution in [0, 0.1) is 5.92 Å². The standard InChI is InChI=1S/C16H20N4O4/c1-8(2)12(16(23)24)18-14(21)9(3)17-15(22)13-10-6-4-5-7-11(10)19-20-13/h4-9,12H,1-3H3,(H,17,22)(H,18,21)(H,19,20)(H,23,24)/t9?,12-/m0/s1. The Hall–Kier alpha value is -2.90. The summed E-state index contributed by atoms with van der Waals surface area (Å²) in [7, 11) is 0. The number of nitrogens with zero attached hydrogens (tertiary/aromatic N) is 1. The molecule has 1 aromatic heterocycles. The first kappa shape index (κ1) is 17.5. The minimum Gasteiger partial charge on any atom is -0.480 e. The van der Waals surface area contributed by atoms with Crippen LogP contribution in [-0.2, 0) is 9.59 Å². The molecule has 1 aromatic carbocycles. The molecule has 0 aliphatic heterocycles. The molecule has 0 saturated heterocycles. The van der Waals surface area contributed by atoms with Crippen molar-refractivity contribution in [3.63, 3.8) is 0 Å². The third-order valence-electron chi connectivity index (χ3n) is 3.66. The van der Waals surface area contributed by atoms with Gasteiger partial charge in [-0.05, 0) is 18.9 Å². The Balaban J connectivity index is 2.05. The van der Waals surface area contributed by atoms with Gasteiger partial charge in [-0.25, -0.2) is 4.79 Å². The molecule has 1 heterocycles. The zero-order valence-corrected chi connectivity index (χ0v) is 13.7. The van der Waals surface area contributed by atoms with Crippen LogP contribution >= 0.6 is 0 Å². The number of carboxylic acids is 1. The Morgan fingerprint density at radius 3 is 2.42 bits per heavy atom. The summed E-state index contributed by atoms with van der Waals surface area (Å²) in [5, 5.41) is 21.4. The maximum atomic E-state index is 12.3. The van der Waals surface area contributed by atoms with E-state index in [0.717, 1.165) is 0 Å². The van der Waals surface area contributed by atoms with Crippen molar-refractivity contribution in [2.45, 2.75) is 32.9 Å². The number of aromatic nitrogens is 2. The topological polar surface area (TPSA) is 124 Å². The van der Waals surface area contributed by atoms with E-state index in [0.29, 0.717) is 10.9 Å². The number of amides is 2. The van der Waals surface area contributed by atoms with Gasteiger partial charge in [-0.3, -0.25) is 14.7 Å². The fourth-order valence-electron chi connectivity index (χ4n) is 2.26. The lowest BCUT2D eigenvalue weighted by Gasteiger charge is -2.20. The number of hydrogen-bond acceptors (Lipinski definition) is 4. The molecule has 0 spiro atoms. The highest BCUT2D eigenvalue weighted by Crippen LogP contribution is 2.14. The van der Waals surface area contributed by atoms with Crippen LogP contribution in [0.5, 0.6) is 0 Å². The van der Waals surface area contributed by atoms with Gasteiger partial charge in [0.05, 0.1) is 5.52 Å². The average molecular weight is 332 g/mol. The lowest BCUT2D eigenvalue weighted by atomic mass is 10.0. The lowest BCUT2D eigenvalue weighted by molar-refractivity contribution is -0.143. The molecule has 8 nitrogen and oxygen atoms in total. The zero-order valence-electron chi connectivity index (χ0n) is 13.7. The van der Waals surface area contributed by atoms with E-state index in [9.17, 15) is 14.4 Å². The van der Waals surface area contributed by atoms with Crippen LogP contribution in [0.4, 0.5) is 0 Å². The number of carboxylic acid groups (broad SMARTS) is 1. The molecule has 0 bridgehead atoms. The molecule has 0 saturated carbocycles. The molecule has 2 amide bonds. The number of fused-ring (bicyclic) bond motifs is 1. The summed E-state index contributed by atoms with van der Waals surface area (Å²) in [5.74, 6) is -2.46. The Morgan fingerprint density at radius 2 is 1.79 bits per heavy atom. The predicted molar refractivity (Wildman–Crippen MR) is 87.4 cm³/mol. The smallest absolute Gasteiger partial charge is 0.326 e. The minimum absolute atomic E-state index is 0.184. The van der Waals surface area contributed by atoms with Crippen LogP contribution < -0.4 is 10.6 Å². The Kier molecular flexibility index (Phi) is 5.18. The van der Waals surface area contributed by atoms with Crippen LogP contribution in [-0.4, -0.2) is 45.2 Å². The molecular formula is C16H20N4O4. The number of hydrogen-bond donors (Lipinski definition) is 4. The summed E-state index contributed by atoms with van der Waals surface area (Å²) in [4.78, 5) is 35.6. The number of carbonyl (C=O) groups excluding carboxylic acids is 2. The van der Waals surface area contributed by atoms with Crippen molar-refractivity contribution in [2.75, 3.05) is 0 Å². The molecule has 2 atom stereocenters. The Labute approximate surface area is 138 Å². The number of aliphatic carboxylic acids is 1. The Morgan fingerprint density at radius 1 is 1.12 bits per heavy atom. The van der Waals surface area contributed by atoms with Crippen molar-refractivity contribution >= 4 is 28.7 Å². The number of nitrogens with one attached hydrogen (secondary N) is 3. The number of para-hydroxylation sites is 1. The molecule has 24 heavy (non-hydrogen) atoms. The lowest BCUT2D eigenvalue weighted by Crippen LogP contribution is -2.52. The van der Waals surface area contributed by atoms with Crippen molar-refractivity contribution in [3.8, 4) is 0 Å². The van der Waals surface area contributed by atoms with E-state index < -0.39 is 29.9 Å². The first-order valence-corrected chi connectivity index (χ1v) is 7.58. The van der Waals surface area contributed by atoms with Gasteiger partial charge in [-0.1, -0.05) is 32.0 Å². The van der Waals surface area contributed by atoms with Crippen molar-refractivity contribution in [1.29, 1.82) is 0 Å². The van der Waals surface area contributed by atoms with E-state index in [1.807, 2.05) is 6.07 Å². The summed E-state index contributed by atoms with van der Waals surface area (Å²) in [5.41, 5.74) is 0.898. The second kappa shape index (κ2) is 7.12. The third kappa shape index (κ3) is 3.70. The van der Waals surface area contributed by atoms with E-state index in [-0.39, 0.29) is 11.6 Å². The molecule has 8 heteroatoms. The monoisotopic (exact) mass is 332 g/mol. The normalized spacial score (nSPS) is 13.5. The molecule has 0 aliphatic carbocycles. The summed E-state index contributed by atoms with van der Waals surface area (Å²) < 4.78 is 0. The predicted octanol–water partition coefficient (Wildman–Crippen LogP) is 0.907. The van der Waals surface area contributed by atoms with Gasteiger partial charge < -0.3 is 15.7 Å². The van der Waals surface area contributed by atoms with E-state index in [1.165, 1.54) is 6.92 Å². The zero-order chi connectivity index (χ0) is 17.9. The fourth-order valence-corrected chi connectivity index (χ4v) is 2.26. The maximum Gasteiger partial charge on any atom is 0.326 e. The van der Waals surface area contributed by atoms with Gasteiger partial charge in [0.2, 0.25) is 5.91 Å². The highest BCUT2D eigenvalue weighted by Gasteiger charge is 2.27. The molecule has 0 radical (unpaired) electrons. The van der Waals surface area contributed by atoms with E-state index in [1.54, 1.807) is 32.0 Å². The molecule has 1 unspecified atom stereocenters. The van der Waals surface area contributed by atoms with Crippen LogP contribution in [0.3, 0.4) is 0 Å². The number of benzene rings is 1. The summed E-state index contributed by atoms with van der Waals surface area (Å²) in [6, 6.07) is 5.23.